The summed E-state index contributed by atoms with van der Waals surface area (Å²) in [4.78, 5) is 32.4. The highest BCUT2D eigenvalue weighted by molar-refractivity contribution is 5.78. The van der Waals surface area contributed by atoms with E-state index in [0.29, 0.717) is 0 Å². The number of carboxylic acids is 1. The van der Waals surface area contributed by atoms with Crippen LogP contribution in [0.3, 0.4) is 0 Å². The number of rotatable bonds is 7. The summed E-state index contributed by atoms with van der Waals surface area (Å²) in [5.74, 6) is -1.70. The van der Waals surface area contributed by atoms with E-state index in [4.69, 9.17) is 10.8 Å². The molecule has 2 atom stereocenters. The summed E-state index contributed by atoms with van der Waals surface area (Å²) in [6.07, 6.45) is -1.09. The smallest absolute Gasteiger partial charge is 0.334 e. The highest BCUT2D eigenvalue weighted by atomic mass is 16.5. The fourth-order valence-electron chi connectivity index (χ4n) is 1.08. The average molecular weight is 247 g/mol. The van der Waals surface area contributed by atoms with Crippen LogP contribution in [0.1, 0.15) is 13.3 Å². The molecule has 0 aromatic rings. The number of aliphatic carboxylic acids is 1. The van der Waals surface area contributed by atoms with Gasteiger partial charge in [-0.3, -0.25) is 4.79 Å². The molecule has 8 nitrogen and oxygen atoms in total. The van der Waals surface area contributed by atoms with Crippen LogP contribution in [0.2, 0.25) is 0 Å². The molecule has 0 aliphatic carbocycles. The summed E-state index contributed by atoms with van der Waals surface area (Å²) in [6.45, 7) is 1.44. The third kappa shape index (κ3) is 7.12. The molecule has 98 valence electrons. The summed E-state index contributed by atoms with van der Waals surface area (Å²) in [7, 11) is 1.23. The van der Waals surface area contributed by atoms with Crippen molar-refractivity contribution in [3.05, 3.63) is 0 Å². The van der Waals surface area contributed by atoms with Crippen LogP contribution in [0, 0.1) is 0 Å². The van der Waals surface area contributed by atoms with Crippen LogP contribution < -0.4 is 16.4 Å². The lowest BCUT2D eigenvalue weighted by atomic mass is 10.2. The molecule has 0 aliphatic heterocycles. The number of methoxy groups -OCH3 is 1. The lowest BCUT2D eigenvalue weighted by Gasteiger charge is -2.15. The number of ether oxygens (including phenoxy) is 1. The normalized spacial score (nSPS) is 13.5. The standard InChI is InChI=1S/C9H17N3O5/c1-5(3-7(10)13)12-9(16)11-4-6(17-2)8(14)15/h5-6H,3-4H2,1-2H3,(H2,10,13)(H,14,15)(H2,11,12,16). The lowest BCUT2D eigenvalue weighted by Crippen LogP contribution is -2.46. The maximum absolute atomic E-state index is 11.3. The zero-order valence-corrected chi connectivity index (χ0v) is 9.73. The molecule has 0 aliphatic rings. The van der Waals surface area contributed by atoms with Gasteiger partial charge in [-0.2, -0.15) is 0 Å². The molecule has 0 aromatic heterocycles. The Morgan fingerprint density at radius 3 is 2.41 bits per heavy atom. The molecular weight excluding hydrogens is 230 g/mol. The van der Waals surface area contributed by atoms with Gasteiger partial charge in [0.1, 0.15) is 0 Å². The van der Waals surface area contributed by atoms with Crippen molar-refractivity contribution in [1.82, 2.24) is 10.6 Å². The highest BCUT2D eigenvalue weighted by Crippen LogP contribution is 1.90. The number of amides is 3. The van der Waals surface area contributed by atoms with Gasteiger partial charge in [-0.15, -0.1) is 0 Å². The first-order chi connectivity index (χ1) is 7.86. The first-order valence-corrected chi connectivity index (χ1v) is 4.95. The van der Waals surface area contributed by atoms with Gasteiger partial charge in [-0.25, -0.2) is 9.59 Å². The van der Waals surface area contributed by atoms with Crippen molar-refractivity contribution in [1.29, 1.82) is 0 Å². The number of nitrogens with one attached hydrogen (secondary N) is 2. The van der Waals surface area contributed by atoms with Crippen molar-refractivity contribution in [3.8, 4) is 0 Å². The summed E-state index contributed by atoms with van der Waals surface area (Å²) < 4.78 is 4.62. The van der Waals surface area contributed by atoms with E-state index in [1.807, 2.05) is 0 Å². The second-order valence-electron chi connectivity index (χ2n) is 3.49. The molecule has 0 saturated heterocycles. The van der Waals surface area contributed by atoms with Gasteiger partial charge in [0.2, 0.25) is 5.91 Å². The zero-order chi connectivity index (χ0) is 13.4. The molecule has 0 saturated carbocycles. The third-order valence-electron chi connectivity index (χ3n) is 1.89. The maximum atomic E-state index is 11.3. The Hall–Kier alpha value is -1.83. The van der Waals surface area contributed by atoms with Crippen LogP contribution in [0.15, 0.2) is 0 Å². The molecule has 17 heavy (non-hydrogen) atoms. The van der Waals surface area contributed by atoms with Crippen LogP contribution in [-0.2, 0) is 14.3 Å². The van der Waals surface area contributed by atoms with Crippen molar-refractivity contribution in [2.24, 2.45) is 5.73 Å². The van der Waals surface area contributed by atoms with Crippen molar-refractivity contribution in [2.75, 3.05) is 13.7 Å². The fraction of sp³-hybridized carbons (Fsp3) is 0.667. The number of carbonyl (C=O) groups excluding carboxylic acids is 2. The monoisotopic (exact) mass is 247 g/mol. The molecule has 8 heteroatoms. The Bertz CT molecular complexity index is 294. The molecule has 5 N–H and O–H groups in total. The van der Waals surface area contributed by atoms with E-state index in [1.54, 1.807) is 6.92 Å². The maximum Gasteiger partial charge on any atom is 0.334 e. The molecule has 0 aromatic carbocycles. The number of nitrogens with two attached hydrogens (primary N) is 1. The van der Waals surface area contributed by atoms with Gasteiger partial charge in [0.25, 0.3) is 0 Å². The minimum absolute atomic E-state index is 0.0139. The summed E-state index contributed by atoms with van der Waals surface area (Å²) >= 11 is 0. The fourth-order valence-corrected chi connectivity index (χ4v) is 1.08. The molecule has 0 rings (SSSR count). The largest absolute Gasteiger partial charge is 0.479 e. The van der Waals surface area contributed by atoms with Crippen molar-refractivity contribution >= 4 is 17.9 Å². The minimum atomic E-state index is -1.17. The Kier molecular flexibility index (Phi) is 6.64. The van der Waals surface area contributed by atoms with Crippen LogP contribution in [0.4, 0.5) is 4.79 Å². The van der Waals surface area contributed by atoms with Crippen molar-refractivity contribution in [2.45, 2.75) is 25.5 Å². The lowest BCUT2D eigenvalue weighted by molar-refractivity contribution is -0.148. The van der Waals surface area contributed by atoms with Crippen molar-refractivity contribution < 1.29 is 24.2 Å². The van der Waals surface area contributed by atoms with Gasteiger partial charge in [0.15, 0.2) is 6.10 Å². The zero-order valence-electron chi connectivity index (χ0n) is 9.73. The summed E-state index contributed by atoms with van der Waals surface area (Å²) in [5, 5.41) is 13.4. The third-order valence-corrected chi connectivity index (χ3v) is 1.89. The molecular formula is C9H17N3O5. The molecule has 0 radical (unpaired) electrons. The topological polar surface area (TPSA) is 131 Å². The molecule has 0 spiro atoms. The average Bonchev–Trinajstić information content (AvgIpc) is 2.16. The Labute approximate surface area is 98.5 Å². The van der Waals surface area contributed by atoms with Gasteiger partial charge in [-0.05, 0) is 6.92 Å². The van der Waals surface area contributed by atoms with E-state index < -0.39 is 30.1 Å². The number of hydrogen-bond acceptors (Lipinski definition) is 4. The van der Waals surface area contributed by atoms with Crippen molar-refractivity contribution in [3.63, 3.8) is 0 Å². The van der Waals surface area contributed by atoms with E-state index in [2.05, 4.69) is 15.4 Å². The summed E-state index contributed by atoms with van der Waals surface area (Å²) in [5.41, 5.74) is 4.94. The number of hydrogen-bond donors (Lipinski definition) is 4. The van der Waals surface area contributed by atoms with Crippen LogP contribution in [-0.4, -0.2) is 48.8 Å². The molecule has 0 fully saturated rings. The Balaban J connectivity index is 3.94. The molecule has 2 unspecified atom stereocenters. The molecule has 3 amide bonds. The van der Waals surface area contributed by atoms with E-state index in [-0.39, 0.29) is 13.0 Å². The first kappa shape index (κ1) is 15.2. The van der Waals surface area contributed by atoms with Crippen LogP contribution >= 0.6 is 0 Å². The number of carbonyl (C=O) groups is 3. The minimum Gasteiger partial charge on any atom is -0.479 e. The number of primary amides is 1. The van der Waals surface area contributed by atoms with Crippen LogP contribution in [0.5, 0.6) is 0 Å². The SMILES string of the molecule is COC(CNC(=O)NC(C)CC(N)=O)C(=O)O. The molecule has 0 bridgehead atoms. The van der Waals surface area contributed by atoms with Gasteiger partial charge >= 0.3 is 12.0 Å². The Morgan fingerprint density at radius 2 is 2.00 bits per heavy atom. The number of carboxylic acid groups (broad SMARTS) is 1. The second kappa shape index (κ2) is 7.44. The van der Waals surface area contributed by atoms with E-state index in [9.17, 15) is 14.4 Å². The predicted octanol–water partition coefficient (Wildman–Crippen LogP) is -1.35. The number of urea groups is 1. The summed E-state index contributed by atoms with van der Waals surface area (Å²) in [6, 6.07) is -1.000. The quantitative estimate of drug-likeness (QED) is 0.441. The Morgan fingerprint density at radius 1 is 1.41 bits per heavy atom. The second-order valence-corrected chi connectivity index (χ2v) is 3.49. The van der Waals surface area contributed by atoms with Gasteiger partial charge < -0.3 is 26.2 Å². The van der Waals surface area contributed by atoms with Gasteiger partial charge in [0.05, 0.1) is 6.54 Å². The van der Waals surface area contributed by atoms with E-state index >= 15 is 0 Å². The highest BCUT2D eigenvalue weighted by Gasteiger charge is 2.17. The van der Waals surface area contributed by atoms with Crippen LogP contribution in [0.25, 0.3) is 0 Å². The molecule has 0 heterocycles. The van der Waals surface area contributed by atoms with Gasteiger partial charge in [-0.1, -0.05) is 0 Å². The van der Waals surface area contributed by atoms with Gasteiger partial charge in [0, 0.05) is 19.6 Å². The van der Waals surface area contributed by atoms with E-state index in [1.165, 1.54) is 7.11 Å². The predicted molar refractivity (Wildman–Crippen MR) is 58.2 cm³/mol. The van der Waals surface area contributed by atoms with E-state index in [0.717, 1.165) is 0 Å². The first-order valence-electron chi connectivity index (χ1n) is 4.95.